The predicted molar refractivity (Wildman–Crippen MR) is 81.1 cm³/mol. The highest BCUT2D eigenvalue weighted by Crippen LogP contribution is 2.33. The summed E-state index contributed by atoms with van der Waals surface area (Å²) in [6, 6.07) is 5.64. The van der Waals surface area contributed by atoms with Crippen LogP contribution in [-0.2, 0) is 0 Å². The molecule has 2 aromatic rings. The predicted octanol–water partition coefficient (Wildman–Crippen LogP) is 2.68. The van der Waals surface area contributed by atoms with Crippen molar-refractivity contribution >= 4 is 23.2 Å². The van der Waals surface area contributed by atoms with Crippen LogP contribution in [0.5, 0.6) is 0 Å². The van der Waals surface area contributed by atoms with Crippen LogP contribution in [-0.4, -0.2) is 29.6 Å². The minimum absolute atomic E-state index is 0.187. The zero-order chi connectivity index (χ0) is 13.9. The molecule has 2 heterocycles. The highest BCUT2D eigenvalue weighted by Gasteiger charge is 2.20. The number of piperazine rings is 1. The fourth-order valence-corrected chi connectivity index (χ4v) is 2.87. The van der Waals surface area contributed by atoms with Gasteiger partial charge in [-0.15, -0.1) is 0 Å². The van der Waals surface area contributed by atoms with Gasteiger partial charge in [0.05, 0.1) is 10.7 Å². The summed E-state index contributed by atoms with van der Waals surface area (Å²) in [7, 11) is 0. The van der Waals surface area contributed by atoms with E-state index in [2.05, 4.69) is 20.6 Å². The Hall–Kier alpha value is -1.20. The molecule has 0 aliphatic carbocycles. The van der Waals surface area contributed by atoms with Crippen LogP contribution < -0.4 is 10.6 Å². The summed E-state index contributed by atoms with van der Waals surface area (Å²) in [5, 5.41) is 8.04. The number of halogens is 2. The summed E-state index contributed by atoms with van der Waals surface area (Å²) in [6.07, 6.45) is 3.39. The number of nitrogens with one attached hydrogen (secondary N) is 2. The fourth-order valence-electron chi connectivity index (χ4n) is 2.38. The minimum Gasteiger partial charge on any atom is -0.314 e. The molecule has 1 unspecified atom stereocenters. The van der Waals surface area contributed by atoms with Gasteiger partial charge in [-0.3, -0.25) is 0 Å². The molecule has 104 valence electrons. The number of nitrogens with zero attached hydrogens (tertiary/aromatic N) is 2. The van der Waals surface area contributed by atoms with Gasteiger partial charge in [0.2, 0.25) is 0 Å². The number of hydrogen-bond acceptors (Lipinski definition) is 4. The molecule has 1 atom stereocenters. The molecule has 0 radical (unpaired) electrons. The molecule has 20 heavy (non-hydrogen) atoms. The van der Waals surface area contributed by atoms with Gasteiger partial charge in [0.15, 0.2) is 0 Å². The van der Waals surface area contributed by atoms with Crippen LogP contribution in [0, 0.1) is 0 Å². The van der Waals surface area contributed by atoms with Crippen LogP contribution in [0.15, 0.2) is 30.7 Å². The number of hydrogen-bond donors (Lipinski definition) is 2. The first kappa shape index (κ1) is 13.8. The summed E-state index contributed by atoms with van der Waals surface area (Å²) in [5.41, 5.74) is 2.77. The van der Waals surface area contributed by atoms with Crippen molar-refractivity contribution in [1.29, 1.82) is 0 Å². The number of aromatic nitrogens is 2. The van der Waals surface area contributed by atoms with Gasteiger partial charge in [-0.25, -0.2) is 9.97 Å². The first-order chi connectivity index (χ1) is 9.75. The van der Waals surface area contributed by atoms with Gasteiger partial charge in [-0.05, 0) is 18.2 Å². The molecule has 4 nitrogen and oxygen atoms in total. The lowest BCUT2D eigenvalue weighted by Crippen LogP contribution is -2.42. The van der Waals surface area contributed by atoms with E-state index >= 15 is 0 Å². The van der Waals surface area contributed by atoms with Crippen LogP contribution in [0.3, 0.4) is 0 Å². The lowest BCUT2D eigenvalue weighted by Gasteiger charge is -2.26. The molecule has 3 rings (SSSR count). The molecule has 1 aliphatic rings. The van der Waals surface area contributed by atoms with Crippen LogP contribution in [0.1, 0.15) is 11.6 Å². The van der Waals surface area contributed by atoms with Crippen LogP contribution in [0.4, 0.5) is 0 Å². The summed E-state index contributed by atoms with van der Waals surface area (Å²) in [5.74, 6) is 0. The maximum absolute atomic E-state index is 6.29. The lowest BCUT2D eigenvalue weighted by molar-refractivity contribution is 0.429. The molecule has 0 amide bonds. The molecule has 2 N–H and O–H groups in total. The Labute approximate surface area is 127 Å². The second-order valence-corrected chi connectivity index (χ2v) is 5.51. The van der Waals surface area contributed by atoms with Crippen molar-refractivity contribution < 1.29 is 0 Å². The van der Waals surface area contributed by atoms with Gasteiger partial charge in [0.1, 0.15) is 6.33 Å². The monoisotopic (exact) mass is 308 g/mol. The first-order valence-corrected chi connectivity index (χ1v) is 7.21. The molecule has 0 spiro atoms. The quantitative estimate of drug-likeness (QED) is 0.895. The normalized spacial score (nSPS) is 19.0. The van der Waals surface area contributed by atoms with Gasteiger partial charge < -0.3 is 10.6 Å². The highest BCUT2D eigenvalue weighted by atomic mass is 35.5. The highest BCUT2D eigenvalue weighted by molar-refractivity contribution is 6.36. The lowest BCUT2D eigenvalue weighted by atomic mass is 10.0. The van der Waals surface area contributed by atoms with E-state index in [0.29, 0.717) is 10.0 Å². The van der Waals surface area contributed by atoms with Crippen molar-refractivity contribution in [3.8, 4) is 11.3 Å². The standard InChI is InChI=1S/C14H14Cl2N4/c15-9-1-2-10(12(16)5-9)14-11(6-18-8-20-14)13-7-17-3-4-19-13/h1-2,5-6,8,13,17,19H,3-4,7H2. The third-order valence-corrected chi connectivity index (χ3v) is 3.89. The van der Waals surface area contributed by atoms with E-state index in [4.69, 9.17) is 23.2 Å². The van der Waals surface area contributed by atoms with Crippen LogP contribution >= 0.6 is 23.2 Å². The zero-order valence-electron chi connectivity index (χ0n) is 10.7. The molecule has 0 bridgehead atoms. The van der Waals surface area contributed by atoms with Crippen molar-refractivity contribution in [1.82, 2.24) is 20.6 Å². The summed E-state index contributed by atoms with van der Waals surface area (Å²) < 4.78 is 0. The molecular weight excluding hydrogens is 295 g/mol. The third-order valence-electron chi connectivity index (χ3n) is 3.34. The molecule has 1 fully saturated rings. The van der Waals surface area contributed by atoms with Crippen molar-refractivity contribution in [2.45, 2.75) is 6.04 Å². The molecule has 0 saturated carbocycles. The van der Waals surface area contributed by atoms with Crippen molar-refractivity contribution in [2.75, 3.05) is 19.6 Å². The Kier molecular flexibility index (Phi) is 4.17. The fraction of sp³-hybridized carbons (Fsp3) is 0.286. The van der Waals surface area contributed by atoms with Gasteiger partial charge >= 0.3 is 0 Å². The summed E-state index contributed by atoms with van der Waals surface area (Å²) in [4.78, 5) is 8.55. The average molecular weight is 309 g/mol. The summed E-state index contributed by atoms with van der Waals surface area (Å²) >= 11 is 12.2. The molecule has 6 heteroatoms. The van der Waals surface area contributed by atoms with Crippen molar-refractivity contribution in [3.05, 3.63) is 46.3 Å². The molecule has 1 aromatic heterocycles. The van der Waals surface area contributed by atoms with Crippen molar-refractivity contribution in [3.63, 3.8) is 0 Å². The van der Waals surface area contributed by atoms with E-state index in [1.807, 2.05) is 18.3 Å². The first-order valence-electron chi connectivity index (χ1n) is 6.45. The number of benzene rings is 1. The second kappa shape index (κ2) is 6.06. The van der Waals surface area contributed by atoms with E-state index in [-0.39, 0.29) is 6.04 Å². The Balaban J connectivity index is 2.04. The topological polar surface area (TPSA) is 49.8 Å². The van der Waals surface area contributed by atoms with Gasteiger partial charge in [0, 0.05) is 48.0 Å². The Morgan fingerprint density at radius 1 is 1.20 bits per heavy atom. The van der Waals surface area contributed by atoms with E-state index in [1.54, 1.807) is 12.4 Å². The number of rotatable bonds is 2. The largest absolute Gasteiger partial charge is 0.314 e. The Morgan fingerprint density at radius 2 is 2.10 bits per heavy atom. The summed E-state index contributed by atoms with van der Waals surface area (Å²) in [6.45, 7) is 2.75. The molecule has 1 saturated heterocycles. The smallest absolute Gasteiger partial charge is 0.116 e. The molecular formula is C14H14Cl2N4. The Bertz CT molecular complexity index is 612. The SMILES string of the molecule is Clc1ccc(-c2ncncc2C2CNCCN2)c(Cl)c1. The maximum atomic E-state index is 6.29. The van der Waals surface area contributed by atoms with E-state index < -0.39 is 0 Å². The van der Waals surface area contributed by atoms with Gasteiger partial charge in [-0.2, -0.15) is 0 Å². The molecule has 1 aromatic carbocycles. The third kappa shape index (κ3) is 2.79. The van der Waals surface area contributed by atoms with Gasteiger partial charge in [-0.1, -0.05) is 23.2 Å². The van der Waals surface area contributed by atoms with E-state index in [0.717, 1.165) is 36.5 Å². The minimum atomic E-state index is 0.187. The van der Waals surface area contributed by atoms with Crippen LogP contribution in [0.2, 0.25) is 10.0 Å². The maximum Gasteiger partial charge on any atom is 0.116 e. The van der Waals surface area contributed by atoms with Gasteiger partial charge in [0.25, 0.3) is 0 Å². The van der Waals surface area contributed by atoms with Crippen molar-refractivity contribution in [2.24, 2.45) is 0 Å². The molecule has 1 aliphatic heterocycles. The van der Waals surface area contributed by atoms with E-state index in [9.17, 15) is 0 Å². The average Bonchev–Trinajstić information content (AvgIpc) is 2.48. The zero-order valence-corrected chi connectivity index (χ0v) is 12.2. The second-order valence-electron chi connectivity index (χ2n) is 4.66. The van der Waals surface area contributed by atoms with E-state index in [1.165, 1.54) is 0 Å². The Morgan fingerprint density at radius 3 is 2.85 bits per heavy atom. The van der Waals surface area contributed by atoms with Crippen LogP contribution in [0.25, 0.3) is 11.3 Å².